The van der Waals surface area contributed by atoms with Crippen LogP contribution in [0.15, 0.2) is 54.9 Å². The van der Waals surface area contributed by atoms with Crippen molar-refractivity contribution in [3.63, 3.8) is 0 Å². The van der Waals surface area contributed by atoms with Gasteiger partial charge in [-0.25, -0.2) is 4.98 Å². The zero-order chi connectivity index (χ0) is 24.0. The number of H-pyrrole nitrogens is 1. The number of nitrogens with zero attached hydrogens (tertiary/aromatic N) is 3. The predicted octanol–water partition coefficient (Wildman–Crippen LogP) is 3.04. The van der Waals surface area contributed by atoms with Crippen molar-refractivity contribution in [3.05, 3.63) is 60.6 Å². The lowest BCUT2D eigenvalue weighted by Gasteiger charge is -2.13. The van der Waals surface area contributed by atoms with E-state index in [-0.39, 0.29) is 19.1 Å². The fraction of sp³-hybridized carbons (Fsp3) is 0.227. The van der Waals surface area contributed by atoms with Crippen LogP contribution in [-0.2, 0) is 20.9 Å². The summed E-state index contributed by atoms with van der Waals surface area (Å²) < 4.78 is 43.9. The van der Waals surface area contributed by atoms with Crippen LogP contribution in [0, 0.1) is 0 Å². The molecule has 0 aliphatic rings. The number of ether oxygens (including phenoxy) is 3. The molecule has 0 atom stereocenters. The summed E-state index contributed by atoms with van der Waals surface area (Å²) >= 11 is 0. The minimum Gasteiger partial charge on any atom is -0.493 e. The Bertz CT molecular complexity index is 1360. The summed E-state index contributed by atoms with van der Waals surface area (Å²) in [5.41, 5.74) is 2.20. The molecule has 3 heterocycles. The third-order valence-corrected chi connectivity index (χ3v) is 5.19. The van der Waals surface area contributed by atoms with E-state index in [1.165, 1.54) is 0 Å². The SMILES string of the molecule is COc1cc(Nc2nccc3[nH]nc(OCCOS(C)(=O)=O)c23)ccc1OCc1ccccn1. The molecule has 0 spiro atoms. The number of rotatable bonds is 11. The number of aromatic nitrogens is 4. The first-order valence-corrected chi connectivity index (χ1v) is 12.0. The Kier molecular flexibility index (Phi) is 7.09. The van der Waals surface area contributed by atoms with Gasteiger partial charge < -0.3 is 19.5 Å². The zero-order valence-electron chi connectivity index (χ0n) is 18.5. The number of anilines is 2. The molecule has 0 aliphatic heterocycles. The Hall–Kier alpha value is -3.90. The Morgan fingerprint density at radius 2 is 1.88 bits per heavy atom. The molecule has 0 saturated heterocycles. The van der Waals surface area contributed by atoms with Crippen molar-refractivity contribution < 1.29 is 26.8 Å². The molecule has 178 valence electrons. The highest BCUT2D eigenvalue weighted by Gasteiger charge is 2.15. The normalized spacial score (nSPS) is 11.4. The number of hydrogen-bond donors (Lipinski definition) is 2. The second kappa shape index (κ2) is 10.4. The van der Waals surface area contributed by atoms with Gasteiger partial charge in [-0.3, -0.25) is 14.3 Å². The van der Waals surface area contributed by atoms with Crippen molar-refractivity contribution in [2.45, 2.75) is 6.61 Å². The lowest BCUT2D eigenvalue weighted by atomic mass is 10.2. The number of fused-ring (bicyclic) bond motifs is 1. The van der Waals surface area contributed by atoms with E-state index in [2.05, 4.69) is 25.5 Å². The minimum atomic E-state index is -3.55. The van der Waals surface area contributed by atoms with Crippen molar-refractivity contribution in [1.82, 2.24) is 20.2 Å². The number of pyridine rings is 2. The maximum absolute atomic E-state index is 11.1. The van der Waals surface area contributed by atoms with Crippen LogP contribution < -0.4 is 19.5 Å². The lowest BCUT2D eigenvalue weighted by molar-refractivity contribution is 0.218. The van der Waals surface area contributed by atoms with E-state index >= 15 is 0 Å². The topological polar surface area (TPSA) is 138 Å². The van der Waals surface area contributed by atoms with Gasteiger partial charge in [-0.2, -0.15) is 8.42 Å². The van der Waals surface area contributed by atoms with Crippen molar-refractivity contribution in [2.24, 2.45) is 0 Å². The molecular formula is C22H23N5O6S. The highest BCUT2D eigenvalue weighted by molar-refractivity contribution is 7.85. The van der Waals surface area contributed by atoms with E-state index in [1.807, 2.05) is 24.3 Å². The Morgan fingerprint density at radius 1 is 1.00 bits per heavy atom. The molecule has 4 rings (SSSR count). The Labute approximate surface area is 196 Å². The van der Waals surface area contributed by atoms with Crippen molar-refractivity contribution >= 4 is 32.5 Å². The summed E-state index contributed by atoms with van der Waals surface area (Å²) in [7, 11) is -1.98. The summed E-state index contributed by atoms with van der Waals surface area (Å²) in [6.07, 6.45) is 4.32. The molecule has 1 aromatic carbocycles. The van der Waals surface area contributed by atoms with Crippen molar-refractivity contribution in [3.8, 4) is 17.4 Å². The van der Waals surface area contributed by atoms with E-state index in [0.717, 1.165) is 11.9 Å². The van der Waals surface area contributed by atoms with Crippen molar-refractivity contribution in [1.29, 1.82) is 0 Å². The summed E-state index contributed by atoms with van der Waals surface area (Å²) in [6, 6.07) is 12.8. The molecule has 0 fully saturated rings. The van der Waals surface area contributed by atoms with Crippen molar-refractivity contribution in [2.75, 3.05) is 31.9 Å². The van der Waals surface area contributed by atoms with Crippen LogP contribution in [0.3, 0.4) is 0 Å². The van der Waals surface area contributed by atoms with Crippen LogP contribution in [-0.4, -0.2) is 55.2 Å². The number of aromatic amines is 1. The third-order valence-electron chi connectivity index (χ3n) is 4.59. The first-order chi connectivity index (χ1) is 16.4. The fourth-order valence-electron chi connectivity index (χ4n) is 3.10. The molecule has 0 saturated carbocycles. The number of hydrogen-bond acceptors (Lipinski definition) is 10. The van der Waals surface area contributed by atoms with Crippen LogP contribution in [0.25, 0.3) is 10.9 Å². The molecule has 2 N–H and O–H groups in total. The van der Waals surface area contributed by atoms with Crippen LogP contribution in [0.2, 0.25) is 0 Å². The average molecular weight is 486 g/mol. The molecule has 0 radical (unpaired) electrons. The lowest BCUT2D eigenvalue weighted by Crippen LogP contribution is -2.11. The molecule has 0 aliphatic carbocycles. The molecule has 3 aromatic heterocycles. The summed E-state index contributed by atoms with van der Waals surface area (Å²) in [4.78, 5) is 8.65. The zero-order valence-corrected chi connectivity index (χ0v) is 19.3. The van der Waals surface area contributed by atoms with E-state index in [4.69, 9.17) is 18.4 Å². The van der Waals surface area contributed by atoms with E-state index in [0.29, 0.717) is 40.5 Å². The molecule has 12 heteroatoms. The maximum atomic E-state index is 11.1. The Morgan fingerprint density at radius 3 is 2.65 bits per heavy atom. The number of nitrogens with one attached hydrogen (secondary N) is 2. The summed E-state index contributed by atoms with van der Waals surface area (Å²) in [5.74, 6) is 1.87. The second-order valence-corrected chi connectivity index (χ2v) is 8.73. The molecule has 11 nitrogen and oxygen atoms in total. The van der Waals surface area contributed by atoms with Gasteiger partial charge in [-0.15, -0.1) is 5.10 Å². The molecule has 0 unspecified atom stereocenters. The van der Waals surface area contributed by atoms with Crippen LogP contribution >= 0.6 is 0 Å². The van der Waals surface area contributed by atoms with Crippen LogP contribution in [0.5, 0.6) is 17.4 Å². The molecule has 34 heavy (non-hydrogen) atoms. The minimum absolute atomic E-state index is 0.00249. The smallest absolute Gasteiger partial charge is 0.264 e. The largest absolute Gasteiger partial charge is 0.493 e. The highest BCUT2D eigenvalue weighted by atomic mass is 32.2. The average Bonchev–Trinajstić information content (AvgIpc) is 3.25. The maximum Gasteiger partial charge on any atom is 0.264 e. The van der Waals surface area contributed by atoms with Gasteiger partial charge >= 0.3 is 0 Å². The third kappa shape index (κ3) is 5.91. The van der Waals surface area contributed by atoms with E-state index in [1.54, 1.807) is 37.7 Å². The fourth-order valence-corrected chi connectivity index (χ4v) is 3.47. The molecule has 0 bridgehead atoms. The van der Waals surface area contributed by atoms with Gasteiger partial charge in [-0.05, 0) is 30.3 Å². The quantitative estimate of drug-likeness (QED) is 0.241. The standard InChI is InChI=1S/C22H23N5O6S/c1-30-19-13-15(6-7-18(19)32-14-16-5-3-4-9-23-16)25-21-20-17(8-10-24-21)26-27-22(20)31-11-12-33-34(2,28)29/h3-10,13H,11-12,14H2,1-2H3,(H,24,25)(H,26,27). The molecule has 4 aromatic rings. The van der Waals surface area contributed by atoms with Crippen LogP contribution in [0.4, 0.5) is 11.5 Å². The molecule has 0 amide bonds. The van der Waals surface area contributed by atoms with Gasteiger partial charge in [0.25, 0.3) is 10.1 Å². The van der Waals surface area contributed by atoms with Gasteiger partial charge in [0.2, 0.25) is 5.88 Å². The predicted molar refractivity (Wildman–Crippen MR) is 125 cm³/mol. The Balaban J connectivity index is 1.49. The molecular weight excluding hydrogens is 462 g/mol. The van der Waals surface area contributed by atoms with Gasteiger partial charge in [0.15, 0.2) is 11.5 Å². The van der Waals surface area contributed by atoms with E-state index in [9.17, 15) is 8.42 Å². The summed E-state index contributed by atoms with van der Waals surface area (Å²) in [5, 5.41) is 10.9. The van der Waals surface area contributed by atoms with Gasteiger partial charge in [-0.1, -0.05) is 6.07 Å². The summed E-state index contributed by atoms with van der Waals surface area (Å²) in [6.45, 7) is 0.175. The van der Waals surface area contributed by atoms with E-state index < -0.39 is 10.1 Å². The highest BCUT2D eigenvalue weighted by Crippen LogP contribution is 2.34. The number of methoxy groups -OCH3 is 1. The van der Waals surface area contributed by atoms with Gasteiger partial charge in [0.05, 0.1) is 24.6 Å². The monoisotopic (exact) mass is 485 g/mol. The van der Waals surface area contributed by atoms with Crippen LogP contribution in [0.1, 0.15) is 5.69 Å². The number of benzene rings is 1. The first-order valence-electron chi connectivity index (χ1n) is 10.2. The first kappa shape index (κ1) is 23.3. The van der Waals surface area contributed by atoms with Gasteiger partial charge in [0.1, 0.15) is 31.0 Å². The van der Waals surface area contributed by atoms with Gasteiger partial charge in [0, 0.05) is 24.1 Å². The second-order valence-electron chi connectivity index (χ2n) is 7.09.